The molecule has 4 N–H and O–H groups in total. The maximum atomic E-state index is 12.3. The van der Waals surface area contributed by atoms with Crippen LogP contribution in [0.3, 0.4) is 0 Å². The van der Waals surface area contributed by atoms with Crippen LogP contribution in [0.5, 0.6) is 11.5 Å². The molecule has 0 radical (unpaired) electrons. The number of urea groups is 1. The Kier molecular flexibility index (Phi) is 8.93. The van der Waals surface area contributed by atoms with Gasteiger partial charge in [-0.2, -0.15) is 5.10 Å². The summed E-state index contributed by atoms with van der Waals surface area (Å²) in [6.07, 6.45) is 0.453. The normalized spacial score (nSPS) is 16.4. The third-order valence-corrected chi connectivity index (χ3v) is 5.23. The highest BCUT2D eigenvalue weighted by molar-refractivity contribution is 6.30. The number of halogens is 1. The second-order valence-corrected chi connectivity index (χ2v) is 7.90. The molecule has 11 heteroatoms. The number of hydrogen-bond acceptors (Lipinski definition) is 8. The predicted molar refractivity (Wildman–Crippen MR) is 130 cm³/mol. The number of hydrogen-bond donors (Lipinski definition) is 4. The van der Waals surface area contributed by atoms with Crippen molar-refractivity contribution in [2.24, 2.45) is 5.10 Å². The highest BCUT2D eigenvalue weighted by Gasteiger charge is 2.32. The van der Waals surface area contributed by atoms with Gasteiger partial charge in [-0.05, 0) is 49.2 Å². The average molecular weight is 503 g/mol. The summed E-state index contributed by atoms with van der Waals surface area (Å²) in [5.74, 6) is 0.196. The number of nitrogens with one attached hydrogen (secondary N) is 3. The van der Waals surface area contributed by atoms with Gasteiger partial charge in [0.05, 0.1) is 31.5 Å². The first kappa shape index (κ1) is 25.9. The minimum atomic E-state index is -1.09. The Hall–Kier alpha value is -3.76. The van der Waals surface area contributed by atoms with Gasteiger partial charge in [-0.25, -0.2) is 9.59 Å². The second kappa shape index (κ2) is 12.1. The van der Waals surface area contributed by atoms with Crippen molar-refractivity contribution in [3.05, 3.63) is 69.9 Å². The van der Waals surface area contributed by atoms with E-state index in [0.29, 0.717) is 34.4 Å². The van der Waals surface area contributed by atoms with Crippen molar-refractivity contribution in [3.8, 4) is 11.5 Å². The molecule has 0 spiro atoms. The fraction of sp³-hybridized carbons (Fsp3) is 0.292. The number of ether oxygens (including phenoxy) is 3. The molecule has 1 heterocycles. The fourth-order valence-electron chi connectivity index (χ4n) is 3.37. The van der Waals surface area contributed by atoms with E-state index in [2.05, 4.69) is 21.2 Å². The number of allylic oxidation sites excluding steroid dienone is 1. The van der Waals surface area contributed by atoms with Gasteiger partial charge in [0.2, 0.25) is 0 Å². The van der Waals surface area contributed by atoms with Crippen molar-refractivity contribution in [1.82, 2.24) is 16.1 Å². The van der Waals surface area contributed by atoms with E-state index in [4.69, 9.17) is 25.8 Å². The maximum absolute atomic E-state index is 12.3. The highest BCUT2D eigenvalue weighted by Crippen LogP contribution is 2.34. The van der Waals surface area contributed by atoms with Gasteiger partial charge in [0.15, 0.2) is 17.7 Å². The number of carbonyl (C=O) groups is 2. The van der Waals surface area contributed by atoms with E-state index < -0.39 is 24.3 Å². The lowest BCUT2D eigenvalue weighted by atomic mass is 9.95. The Labute approximate surface area is 207 Å². The van der Waals surface area contributed by atoms with Gasteiger partial charge in [-0.3, -0.25) is 5.43 Å². The number of aliphatic hydroxyl groups excluding tert-OH is 1. The number of hydrazone groups is 1. The van der Waals surface area contributed by atoms with Crippen molar-refractivity contribution in [1.29, 1.82) is 0 Å². The number of nitrogens with zero attached hydrogens (tertiary/aromatic N) is 1. The Balaban J connectivity index is 1.71. The average Bonchev–Trinajstić information content (AvgIpc) is 2.83. The Bertz CT molecular complexity index is 1120. The van der Waals surface area contributed by atoms with E-state index in [1.54, 1.807) is 55.6 Å². The molecule has 3 rings (SSSR count). The summed E-state index contributed by atoms with van der Waals surface area (Å²) in [5.41, 5.74) is 4.67. The van der Waals surface area contributed by atoms with Crippen LogP contribution in [0.15, 0.2) is 58.8 Å². The molecule has 10 nitrogen and oxygen atoms in total. The molecule has 2 amide bonds. The summed E-state index contributed by atoms with van der Waals surface area (Å²) in [6.45, 7) is 3.68. The van der Waals surface area contributed by atoms with Crippen LogP contribution < -0.4 is 25.5 Å². The Morgan fingerprint density at radius 3 is 2.66 bits per heavy atom. The number of amides is 2. The van der Waals surface area contributed by atoms with Crippen molar-refractivity contribution in [3.63, 3.8) is 0 Å². The van der Waals surface area contributed by atoms with E-state index in [0.717, 1.165) is 5.56 Å². The summed E-state index contributed by atoms with van der Waals surface area (Å²) in [4.78, 5) is 24.4. The minimum Gasteiger partial charge on any atom is -0.490 e. The van der Waals surface area contributed by atoms with Crippen LogP contribution in [0, 0.1) is 0 Å². The van der Waals surface area contributed by atoms with Gasteiger partial charge >= 0.3 is 12.0 Å². The van der Waals surface area contributed by atoms with Crippen molar-refractivity contribution >= 4 is 29.8 Å². The van der Waals surface area contributed by atoms with Crippen molar-refractivity contribution < 1.29 is 28.9 Å². The molecular formula is C24H27ClN4O6. The maximum Gasteiger partial charge on any atom is 0.337 e. The molecule has 35 heavy (non-hydrogen) atoms. The second-order valence-electron chi connectivity index (χ2n) is 7.47. The zero-order valence-corrected chi connectivity index (χ0v) is 20.3. The lowest BCUT2D eigenvalue weighted by Crippen LogP contribution is -2.45. The summed E-state index contributed by atoms with van der Waals surface area (Å²) in [6, 6.07) is 10.9. The van der Waals surface area contributed by atoms with Gasteiger partial charge < -0.3 is 30.0 Å². The first-order valence-corrected chi connectivity index (χ1v) is 11.2. The molecule has 0 fully saturated rings. The van der Waals surface area contributed by atoms with Gasteiger partial charge in [0, 0.05) is 10.7 Å². The number of carbonyl (C=O) groups excluding carboxylic acids is 2. The molecule has 2 aromatic carbocycles. The highest BCUT2D eigenvalue weighted by atomic mass is 35.5. The van der Waals surface area contributed by atoms with Gasteiger partial charge in [-0.15, -0.1) is 0 Å². The third kappa shape index (κ3) is 6.87. The first-order valence-electron chi connectivity index (χ1n) is 10.8. The quantitative estimate of drug-likeness (QED) is 0.170. The molecular weight excluding hydrogens is 476 g/mol. The number of esters is 1. The van der Waals surface area contributed by atoms with E-state index in [1.165, 1.54) is 7.11 Å². The zero-order chi connectivity index (χ0) is 25.4. The van der Waals surface area contributed by atoms with Gasteiger partial charge in [-0.1, -0.05) is 29.8 Å². The smallest absolute Gasteiger partial charge is 0.337 e. The Morgan fingerprint density at radius 2 is 1.97 bits per heavy atom. The van der Waals surface area contributed by atoms with E-state index in [1.807, 2.05) is 6.92 Å². The molecule has 1 aliphatic rings. The van der Waals surface area contributed by atoms with Crippen LogP contribution in [-0.4, -0.2) is 49.9 Å². The summed E-state index contributed by atoms with van der Waals surface area (Å²) in [7, 11) is 1.28. The third-order valence-electron chi connectivity index (χ3n) is 4.98. The minimum absolute atomic E-state index is 0.117. The topological polar surface area (TPSA) is 131 Å². The molecule has 0 aromatic heterocycles. The van der Waals surface area contributed by atoms with E-state index >= 15 is 0 Å². The molecule has 1 aliphatic heterocycles. The largest absolute Gasteiger partial charge is 0.490 e. The molecule has 0 saturated heterocycles. The zero-order valence-electron chi connectivity index (χ0n) is 19.5. The number of rotatable bonds is 10. The van der Waals surface area contributed by atoms with Gasteiger partial charge in [0.1, 0.15) is 6.61 Å². The predicted octanol–water partition coefficient (Wildman–Crippen LogP) is 2.86. The fourth-order valence-corrected chi connectivity index (χ4v) is 3.49. The summed E-state index contributed by atoms with van der Waals surface area (Å²) in [5, 5.41) is 20.1. The molecule has 0 aliphatic carbocycles. The molecule has 2 aromatic rings. The lowest BCUT2D eigenvalue weighted by molar-refractivity contribution is -0.136. The van der Waals surface area contributed by atoms with Crippen molar-refractivity contribution in [2.45, 2.75) is 26.1 Å². The number of benzene rings is 2. The van der Waals surface area contributed by atoms with Crippen molar-refractivity contribution in [2.75, 3.05) is 20.3 Å². The number of aliphatic hydroxyl groups is 1. The standard InChI is InChI=1S/C24H27ClN4O6/c1-4-34-19-11-16(22-21(23(31)33-3)14(2)27-24(32)28-22)7-10-18(19)35-13-20(30)29-26-12-15-5-8-17(25)9-6-15/h5-12,20,22,29-30H,4,13H2,1-3H3,(H2,27,28,32)/b26-12-/t20-,22-/m1/s1. The van der Waals surface area contributed by atoms with Crippen LogP contribution in [0.1, 0.15) is 31.0 Å². The van der Waals surface area contributed by atoms with Crippen LogP contribution in [0.4, 0.5) is 4.79 Å². The van der Waals surface area contributed by atoms with Gasteiger partial charge in [0.25, 0.3) is 0 Å². The monoisotopic (exact) mass is 502 g/mol. The Morgan fingerprint density at radius 1 is 1.23 bits per heavy atom. The first-order chi connectivity index (χ1) is 16.8. The van der Waals surface area contributed by atoms with Crippen LogP contribution >= 0.6 is 11.6 Å². The number of methoxy groups -OCH3 is 1. The summed E-state index contributed by atoms with van der Waals surface area (Å²) >= 11 is 5.85. The van der Waals surface area contributed by atoms with Crippen LogP contribution in [0.2, 0.25) is 5.02 Å². The van der Waals surface area contributed by atoms with E-state index in [-0.39, 0.29) is 12.2 Å². The van der Waals surface area contributed by atoms with E-state index in [9.17, 15) is 14.7 Å². The molecule has 2 atom stereocenters. The van der Waals surface area contributed by atoms with Crippen LogP contribution in [0.25, 0.3) is 0 Å². The SMILES string of the molecule is CCOc1cc([C@H]2NC(=O)NC(C)=C2C(=O)OC)ccc1OC[C@@H](O)N/N=C\c1ccc(Cl)cc1. The lowest BCUT2D eigenvalue weighted by Gasteiger charge is -2.28. The molecule has 0 unspecified atom stereocenters. The summed E-state index contributed by atoms with van der Waals surface area (Å²) < 4.78 is 16.3. The molecule has 0 bridgehead atoms. The van der Waals surface area contributed by atoms with Crippen LogP contribution in [-0.2, 0) is 9.53 Å². The molecule has 0 saturated carbocycles. The molecule has 186 valence electrons.